The summed E-state index contributed by atoms with van der Waals surface area (Å²) in [5, 5.41) is 8.01. The van der Waals surface area contributed by atoms with Crippen LogP contribution < -0.4 is 16.0 Å². The van der Waals surface area contributed by atoms with Gasteiger partial charge in [-0.05, 0) is 103 Å². The van der Waals surface area contributed by atoms with Crippen molar-refractivity contribution >= 4 is 29.5 Å². The minimum absolute atomic E-state index is 0.0427. The van der Waals surface area contributed by atoms with Crippen LogP contribution in [-0.2, 0) is 25.5 Å². The summed E-state index contributed by atoms with van der Waals surface area (Å²) in [6, 6.07) is 2.67. The number of anilines is 1. The number of rotatable bonds is 11. The molecule has 4 rings (SSSR count). The quantitative estimate of drug-likeness (QED) is 0.356. The first-order valence-electron chi connectivity index (χ1n) is 15.6. The van der Waals surface area contributed by atoms with Crippen LogP contribution in [0.4, 0.5) is 14.9 Å². The topological polar surface area (TPSA) is 120 Å². The van der Waals surface area contributed by atoms with E-state index in [9.17, 15) is 19.2 Å². The number of halogens is 1. The number of nitrogens with zero attached hydrogens (tertiary/aromatic N) is 2. The molecule has 2 aliphatic carbocycles. The summed E-state index contributed by atoms with van der Waals surface area (Å²) >= 11 is 0. The lowest BCUT2D eigenvalue weighted by atomic mass is 9.94. The molecule has 1 aromatic rings. The number of piperazine rings is 1. The first kappa shape index (κ1) is 32.7. The third-order valence-electron chi connectivity index (χ3n) is 8.64. The SMILES string of the molecule is CC(NC(=O)OC(C)(C)C)C(=O)NC(Cc1ccc(NC(=O)CC(C2CC2)C2CC2)c(F)c1)C(=O)N1CCN(C)C(C)C1. The Morgan fingerprint density at radius 2 is 1.70 bits per heavy atom. The monoisotopic (exact) mass is 601 g/mol. The molecule has 3 fully saturated rings. The minimum Gasteiger partial charge on any atom is -0.444 e. The highest BCUT2D eigenvalue weighted by Gasteiger charge is 2.42. The number of hydrogen-bond donors (Lipinski definition) is 3. The molecule has 0 spiro atoms. The molecule has 10 nitrogen and oxygen atoms in total. The molecule has 3 N–H and O–H groups in total. The summed E-state index contributed by atoms with van der Waals surface area (Å²) in [5.74, 6) is 0.0407. The van der Waals surface area contributed by atoms with Gasteiger partial charge in [-0.2, -0.15) is 0 Å². The van der Waals surface area contributed by atoms with Crippen LogP contribution in [0.25, 0.3) is 0 Å². The lowest BCUT2D eigenvalue weighted by molar-refractivity contribution is -0.139. The zero-order chi connectivity index (χ0) is 31.5. The van der Waals surface area contributed by atoms with Crippen LogP contribution >= 0.6 is 0 Å². The van der Waals surface area contributed by atoms with Gasteiger partial charge < -0.3 is 30.5 Å². The first-order valence-corrected chi connectivity index (χ1v) is 15.6. The first-order chi connectivity index (χ1) is 20.2. The van der Waals surface area contributed by atoms with E-state index in [1.807, 2.05) is 14.0 Å². The van der Waals surface area contributed by atoms with Crippen molar-refractivity contribution in [2.24, 2.45) is 17.8 Å². The fourth-order valence-electron chi connectivity index (χ4n) is 5.72. The lowest BCUT2D eigenvalue weighted by Gasteiger charge is -2.39. The predicted octanol–water partition coefficient (Wildman–Crippen LogP) is 3.69. The number of ether oxygens (including phenoxy) is 1. The summed E-state index contributed by atoms with van der Waals surface area (Å²) in [5.41, 5.74) is -0.130. The molecule has 238 valence electrons. The number of alkyl carbamates (subject to hydrolysis) is 1. The van der Waals surface area contributed by atoms with Gasteiger partial charge in [0.25, 0.3) is 0 Å². The lowest BCUT2D eigenvalue weighted by Crippen LogP contribution is -2.59. The predicted molar refractivity (Wildman–Crippen MR) is 162 cm³/mol. The van der Waals surface area contributed by atoms with E-state index >= 15 is 4.39 Å². The highest BCUT2D eigenvalue weighted by molar-refractivity contribution is 5.92. The molecule has 0 radical (unpaired) electrons. The molecule has 11 heteroatoms. The van der Waals surface area contributed by atoms with Gasteiger partial charge in [0.2, 0.25) is 17.7 Å². The summed E-state index contributed by atoms with van der Waals surface area (Å²) in [6.07, 6.45) is 4.42. The molecule has 1 heterocycles. The average Bonchev–Trinajstić information content (AvgIpc) is 3.83. The maximum Gasteiger partial charge on any atom is 0.408 e. The molecule has 3 aliphatic rings. The third-order valence-corrected chi connectivity index (χ3v) is 8.64. The maximum absolute atomic E-state index is 15.2. The average molecular weight is 602 g/mol. The van der Waals surface area contributed by atoms with Crippen molar-refractivity contribution in [3.05, 3.63) is 29.6 Å². The van der Waals surface area contributed by atoms with Crippen molar-refractivity contribution < 1.29 is 28.3 Å². The van der Waals surface area contributed by atoms with E-state index in [0.717, 1.165) is 0 Å². The highest BCUT2D eigenvalue weighted by Crippen LogP contribution is 2.50. The standard InChI is InChI=1S/C32H48FN5O5/c1-19-18-38(14-13-37(19)6)30(41)27(36-29(40)20(2)34-31(42)43-32(3,4)5)16-21-7-12-26(25(33)15-21)35-28(39)17-24(22-8-9-22)23-10-11-23/h7,12,15,19-20,22-24,27H,8-11,13-14,16-18H2,1-6H3,(H,34,42)(H,35,39)(H,36,40). The molecule has 1 aromatic carbocycles. The zero-order valence-electron chi connectivity index (χ0n) is 26.4. The summed E-state index contributed by atoms with van der Waals surface area (Å²) < 4.78 is 20.4. The number of benzene rings is 1. The van der Waals surface area contributed by atoms with E-state index in [1.165, 1.54) is 44.7 Å². The van der Waals surface area contributed by atoms with Gasteiger partial charge in [0.1, 0.15) is 23.5 Å². The van der Waals surface area contributed by atoms with Crippen molar-refractivity contribution in [2.75, 3.05) is 32.0 Å². The van der Waals surface area contributed by atoms with Gasteiger partial charge in [-0.1, -0.05) is 6.07 Å². The van der Waals surface area contributed by atoms with Crippen LogP contribution in [0.15, 0.2) is 18.2 Å². The normalized spacial score (nSPS) is 20.7. The van der Waals surface area contributed by atoms with Crippen LogP contribution in [0.5, 0.6) is 0 Å². The second-order valence-electron chi connectivity index (χ2n) is 13.7. The van der Waals surface area contributed by atoms with E-state index in [-0.39, 0.29) is 30.0 Å². The smallest absolute Gasteiger partial charge is 0.408 e. The number of carbonyl (C=O) groups excluding carboxylic acids is 4. The molecule has 3 atom stereocenters. The Kier molecular flexibility index (Phi) is 10.4. The van der Waals surface area contributed by atoms with Gasteiger partial charge in [0.15, 0.2) is 0 Å². The number of likely N-dealkylation sites (N-methyl/N-ethyl adjacent to an activating group) is 1. The van der Waals surface area contributed by atoms with E-state index in [0.29, 0.717) is 49.4 Å². The van der Waals surface area contributed by atoms with Gasteiger partial charge in [0, 0.05) is 38.5 Å². The van der Waals surface area contributed by atoms with Crippen LogP contribution in [0.2, 0.25) is 0 Å². The van der Waals surface area contributed by atoms with Gasteiger partial charge >= 0.3 is 6.09 Å². The summed E-state index contributed by atoms with van der Waals surface area (Å²) in [4.78, 5) is 55.6. The van der Waals surface area contributed by atoms with Gasteiger partial charge in [0.05, 0.1) is 5.69 Å². The molecule has 0 bridgehead atoms. The van der Waals surface area contributed by atoms with Crippen molar-refractivity contribution in [3.8, 4) is 0 Å². The van der Waals surface area contributed by atoms with Crippen LogP contribution in [-0.4, -0.2) is 84.0 Å². The van der Waals surface area contributed by atoms with Crippen LogP contribution in [0.3, 0.4) is 0 Å². The fraction of sp³-hybridized carbons (Fsp3) is 0.688. The van der Waals surface area contributed by atoms with Crippen LogP contribution in [0.1, 0.15) is 72.3 Å². The van der Waals surface area contributed by atoms with Crippen LogP contribution in [0, 0.1) is 23.6 Å². The van der Waals surface area contributed by atoms with E-state index < -0.39 is 35.5 Å². The molecule has 3 unspecified atom stereocenters. The highest BCUT2D eigenvalue weighted by atomic mass is 19.1. The summed E-state index contributed by atoms with van der Waals surface area (Å²) in [6.45, 7) is 10.4. The molecule has 4 amide bonds. The Labute approximate surface area is 254 Å². The molecule has 43 heavy (non-hydrogen) atoms. The number of carbonyl (C=O) groups is 4. The maximum atomic E-state index is 15.2. The number of nitrogens with one attached hydrogen (secondary N) is 3. The second kappa shape index (κ2) is 13.6. The van der Waals surface area contributed by atoms with Gasteiger partial charge in [-0.15, -0.1) is 0 Å². The number of amides is 4. The molecule has 1 saturated heterocycles. The third kappa shape index (κ3) is 9.64. The van der Waals surface area contributed by atoms with E-state index in [2.05, 4.69) is 20.9 Å². The van der Waals surface area contributed by atoms with Crippen molar-refractivity contribution in [1.29, 1.82) is 0 Å². The molecular weight excluding hydrogens is 553 g/mol. The van der Waals surface area contributed by atoms with Crippen molar-refractivity contribution in [1.82, 2.24) is 20.4 Å². The molecule has 1 aliphatic heterocycles. The molecular formula is C32H48FN5O5. The van der Waals surface area contributed by atoms with E-state index in [1.54, 1.807) is 31.7 Å². The van der Waals surface area contributed by atoms with Crippen molar-refractivity contribution in [2.45, 2.75) is 96.9 Å². The van der Waals surface area contributed by atoms with Crippen molar-refractivity contribution in [3.63, 3.8) is 0 Å². The Balaban J connectivity index is 1.42. The molecule has 0 aromatic heterocycles. The Morgan fingerprint density at radius 3 is 2.26 bits per heavy atom. The van der Waals surface area contributed by atoms with Gasteiger partial charge in [-0.3, -0.25) is 14.4 Å². The molecule has 2 saturated carbocycles. The number of hydrogen-bond acceptors (Lipinski definition) is 6. The second-order valence-corrected chi connectivity index (χ2v) is 13.7. The van der Waals surface area contributed by atoms with E-state index in [4.69, 9.17) is 4.74 Å². The fourth-order valence-corrected chi connectivity index (χ4v) is 5.72. The Bertz CT molecular complexity index is 1180. The largest absolute Gasteiger partial charge is 0.444 e. The summed E-state index contributed by atoms with van der Waals surface area (Å²) in [7, 11) is 2.00. The van der Waals surface area contributed by atoms with Gasteiger partial charge in [-0.25, -0.2) is 9.18 Å². The zero-order valence-corrected chi connectivity index (χ0v) is 26.4. The Morgan fingerprint density at radius 1 is 1.05 bits per heavy atom. The minimum atomic E-state index is -0.983. The Hall–Kier alpha value is -3.21.